The monoisotopic (exact) mass is 730 g/mol. The minimum Gasteiger partial charge on any atom is -0.492 e. The van der Waals surface area contributed by atoms with E-state index >= 15 is 0 Å². The highest BCUT2D eigenvalue weighted by atomic mass is 19.4. The molecule has 286 valence electrons. The van der Waals surface area contributed by atoms with Crippen LogP contribution in [0.3, 0.4) is 0 Å². The van der Waals surface area contributed by atoms with Crippen LogP contribution in [-0.4, -0.2) is 64.9 Å². The van der Waals surface area contributed by atoms with Crippen molar-refractivity contribution >= 4 is 11.8 Å². The van der Waals surface area contributed by atoms with Crippen LogP contribution < -0.4 is 14.2 Å². The maximum Gasteiger partial charge on any atom is 0.453 e. The molecule has 2 aromatic carbocycles. The maximum atomic E-state index is 13.3. The summed E-state index contributed by atoms with van der Waals surface area (Å²) in [6.45, 7) is 4.48. The molecule has 0 spiro atoms. The molecule has 2 aromatic rings. The lowest BCUT2D eigenvalue weighted by Gasteiger charge is -2.43. The second kappa shape index (κ2) is 20.0. The molecule has 3 rings (SSSR count). The molecule has 8 nitrogen and oxygen atoms in total. The van der Waals surface area contributed by atoms with Crippen LogP contribution in [0.15, 0.2) is 42.5 Å². The molecule has 0 amide bonds. The molecule has 0 N–H and O–H groups in total. The minimum atomic E-state index is -5.68. The van der Waals surface area contributed by atoms with E-state index in [1.54, 1.807) is 14.2 Å². The van der Waals surface area contributed by atoms with E-state index in [0.29, 0.717) is 30.9 Å². The minimum absolute atomic E-state index is 0.0279. The molecule has 1 aliphatic rings. The average molecular weight is 731 g/mol. The zero-order chi connectivity index (χ0) is 37.5. The fourth-order valence-corrected chi connectivity index (χ4v) is 6.49. The van der Waals surface area contributed by atoms with Gasteiger partial charge in [-0.05, 0) is 61.9 Å². The zero-order valence-electron chi connectivity index (χ0n) is 30.0. The topological polar surface area (TPSA) is 89.5 Å². The Balaban J connectivity index is 1.54. The number of hydrogen-bond acceptors (Lipinski definition) is 8. The van der Waals surface area contributed by atoms with E-state index in [0.717, 1.165) is 49.0 Å². The fourth-order valence-electron chi connectivity index (χ4n) is 6.49. The quantitative estimate of drug-likeness (QED) is 0.0368. The second-order valence-corrected chi connectivity index (χ2v) is 13.1. The number of ether oxygens (including phenoxy) is 6. The van der Waals surface area contributed by atoms with E-state index in [1.165, 1.54) is 6.92 Å². The van der Waals surface area contributed by atoms with Crippen LogP contribution >= 0.6 is 0 Å². The molecule has 3 atom stereocenters. The summed E-state index contributed by atoms with van der Waals surface area (Å²) in [5, 5.41) is 0. The number of esters is 1. The van der Waals surface area contributed by atoms with Crippen LogP contribution in [0.4, 0.5) is 22.0 Å². The number of halogens is 5. The van der Waals surface area contributed by atoms with Gasteiger partial charge in [0.05, 0.1) is 13.2 Å². The van der Waals surface area contributed by atoms with Crippen LogP contribution in [0.1, 0.15) is 102 Å². The van der Waals surface area contributed by atoms with Crippen LogP contribution in [0, 0.1) is 5.92 Å². The molecular weight excluding hydrogens is 679 g/mol. The number of carbonyl (C=O) groups is 2. The molecule has 0 radical (unpaired) electrons. The summed E-state index contributed by atoms with van der Waals surface area (Å²) in [5.74, 6) is -5.29. The number of carbonyl (C=O) groups excluding carboxylic acids is 2. The van der Waals surface area contributed by atoms with Gasteiger partial charge in [-0.25, -0.2) is 0 Å². The summed E-state index contributed by atoms with van der Waals surface area (Å²) in [7, 11) is 3.13. The molecule has 13 heteroatoms. The molecule has 1 aliphatic heterocycles. The third-order valence-corrected chi connectivity index (χ3v) is 9.38. The van der Waals surface area contributed by atoms with Crippen molar-refractivity contribution in [1.29, 1.82) is 0 Å². The third kappa shape index (κ3) is 12.1. The molecule has 1 heterocycles. The van der Waals surface area contributed by atoms with Crippen LogP contribution in [0.5, 0.6) is 17.2 Å². The number of fused-ring (bicyclic) bond motifs is 1. The van der Waals surface area contributed by atoms with Gasteiger partial charge in [-0.1, -0.05) is 57.2 Å². The van der Waals surface area contributed by atoms with E-state index in [9.17, 15) is 31.5 Å². The molecular formula is C38H51F5O8. The fraction of sp³-hybridized carbons (Fsp3) is 0.632. The molecule has 0 fully saturated rings. The number of alkyl halides is 5. The number of rotatable bonds is 23. The van der Waals surface area contributed by atoms with E-state index in [4.69, 9.17) is 28.4 Å². The van der Waals surface area contributed by atoms with Crippen molar-refractivity contribution < 1.29 is 60.0 Å². The highest BCUT2D eigenvalue weighted by molar-refractivity contribution is 5.98. The lowest BCUT2D eigenvalue weighted by Crippen LogP contribution is -2.40. The Hall–Kier alpha value is -3.45. The Morgan fingerprint density at radius 1 is 0.863 bits per heavy atom. The van der Waals surface area contributed by atoms with E-state index in [-0.39, 0.29) is 37.9 Å². The van der Waals surface area contributed by atoms with E-state index < -0.39 is 49.0 Å². The summed E-state index contributed by atoms with van der Waals surface area (Å²) >= 11 is 0. The molecule has 0 aliphatic carbocycles. The summed E-state index contributed by atoms with van der Waals surface area (Å²) < 4.78 is 96.8. The Bertz CT molecular complexity index is 1370. The smallest absolute Gasteiger partial charge is 0.453 e. The van der Waals surface area contributed by atoms with E-state index in [1.807, 2.05) is 24.3 Å². The Morgan fingerprint density at radius 2 is 1.47 bits per heavy atom. The SMILES string of the molecule is CCOC(=O)C(CCCC(F)(F)C(F)(F)F)C(=O)CCCCCCCC[C@@H]1c2ccc(OCOC)cc2OC[C@]1(C)c1ccc(OCOC)cc1. The van der Waals surface area contributed by atoms with Gasteiger partial charge in [0.1, 0.15) is 28.9 Å². The van der Waals surface area contributed by atoms with Crippen molar-refractivity contribution in [2.45, 2.75) is 108 Å². The van der Waals surface area contributed by atoms with Crippen molar-refractivity contribution in [3.8, 4) is 17.2 Å². The number of ketones is 1. The maximum absolute atomic E-state index is 13.3. The van der Waals surface area contributed by atoms with Gasteiger partial charge in [-0.3, -0.25) is 9.59 Å². The predicted octanol–water partition coefficient (Wildman–Crippen LogP) is 9.32. The lowest BCUT2D eigenvalue weighted by molar-refractivity contribution is -0.284. The molecule has 0 saturated carbocycles. The van der Waals surface area contributed by atoms with Gasteiger partial charge >= 0.3 is 18.1 Å². The van der Waals surface area contributed by atoms with Gasteiger partial charge in [0.25, 0.3) is 0 Å². The van der Waals surface area contributed by atoms with Crippen LogP contribution in [0.25, 0.3) is 0 Å². The number of methoxy groups -OCH3 is 2. The van der Waals surface area contributed by atoms with Crippen molar-refractivity contribution in [2.75, 3.05) is 41.0 Å². The van der Waals surface area contributed by atoms with E-state index in [2.05, 4.69) is 25.1 Å². The Kier molecular flexibility index (Phi) is 16.4. The number of unbranched alkanes of at least 4 members (excludes halogenated alkanes) is 5. The van der Waals surface area contributed by atoms with Gasteiger partial charge in [-0.2, -0.15) is 22.0 Å². The van der Waals surface area contributed by atoms with Gasteiger partial charge in [0, 0.05) is 44.5 Å². The summed E-state index contributed by atoms with van der Waals surface area (Å²) in [6, 6.07) is 13.9. The molecule has 0 saturated heterocycles. The Labute approximate surface area is 297 Å². The normalized spacial score (nSPS) is 18.0. The van der Waals surface area contributed by atoms with Gasteiger partial charge < -0.3 is 28.4 Å². The van der Waals surface area contributed by atoms with Crippen molar-refractivity contribution in [3.05, 3.63) is 53.6 Å². The number of benzene rings is 2. The highest BCUT2D eigenvalue weighted by Crippen LogP contribution is 2.50. The number of Topliss-reactive ketones (excluding diaryl/α,β-unsaturated/α-hetero) is 1. The first-order valence-corrected chi connectivity index (χ1v) is 17.5. The van der Waals surface area contributed by atoms with Crippen molar-refractivity contribution in [1.82, 2.24) is 0 Å². The van der Waals surface area contributed by atoms with Gasteiger partial charge in [0.2, 0.25) is 0 Å². The molecule has 51 heavy (non-hydrogen) atoms. The highest BCUT2D eigenvalue weighted by Gasteiger charge is 2.56. The summed E-state index contributed by atoms with van der Waals surface area (Å²) in [5.41, 5.74) is 1.91. The first-order chi connectivity index (χ1) is 24.3. The van der Waals surface area contributed by atoms with Crippen LogP contribution in [-0.2, 0) is 29.2 Å². The zero-order valence-corrected chi connectivity index (χ0v) is 30.0. The largest absolute Gasteiger partial charge is 0.492 e. The second-order valence-electron chi connectivity index (χ2n) is 13.1. The molecule has 0 bridgehead atoms. The molecule has 0 aromatic heterocycles. The van der Waals surface area contributed by atoms with Gasteiger partial charge in [-0.15, -0.1) is 0 Å². The summed E-state index contributed by atoms with van der Waals surface area (Å²) in [4.78, 5) is 25.1. The third-order valence-electron chi connectivity index (χ3n) is 9.38. The van der Waals surface area contributed by atoms with Crippen molar-refractivity contribution in [3.63, 3.8) is 0 Å². The van der Waals surface area contributed by atoms with Crippen LogP contribution in [0.2, 0.25) is 0 Å². The molecule has 1 unspecified atom stereocenters. The van der Waals surface area contributed by atoms with Crippen molar-refractivity contribution in [2.24, 2.45) is 5.92 Å². The van der Waals surface area contributed by atoms with Gasteiger partial charge in [0.15, 0.2) is 13.6 Å². The lowest BCUT2D eigenvalue weighted by atomic mass is 9.66. The number of hydrogen-bond donors (Lipinski definition) is 0. The standard InChI is InChI=1S/C38H51F5O8/c1-5-48-35(45)31(13-12-22-37(39,40)38(41,42)43)33(44)15-11-9-7-6-8-10-14-32-30-21-20-29(51-26-47-4)23-34(30)49-24-36(32,2)27-16-18-28(19-17-27)50-25-46-3/h16-21,23,31-32H,5-15,22,24-26H2,1-4H3/t31?,32-,36-/m1/s1. The predicted molar refractivity (Wildman–Crippen MR) is 180 cm³/mol. The first-order valence-electron chi connectivity index (χ1n) is 17.5. The summed E-state index contributed by atoms with van der Waals surface area (Å²) in [6.07, 6.45) is -2.41. The average Bonchev–Trinajstić information content (AvgIpc) is 3.09. The first kappa shape index (κ1) is 42.0. The Morgan fingerprint density at radius 3 is 2.10 bits per heavy atom.